The predicted octanol–water partition coefficient (Wildman–Crippen LogP) is 3.00. The van der Waals surface area contributed by atoms with E-state index in [1.807, 2.05) is 19.9 Å². The first kappa shape index (κ1) is 17.2. The quantitative estimate of drug-likeness (QED) is 0.925. The van der Waals surface area contributed by atoms with Crippen molar-refractivity contribution in [2.24, 2.45) is 11.8 Å². The van der Waals surface area contributed by atoms with Crippen LogP contribution in [0.3, 0.4) is 0 Å². The Morgan fingerprint density at radius 2 is 1.79 bits per heavy atom. The number of aryl methyl sites for hydroxylation is 2. The van der Waals surface area contributed by atoms with Gasteiger partial charge in [-0.2, -0.15) is 0 Å². The lowest BCUT2D eigenvalue weighted by atomic mass is 9.87. The van der Waals surface area contributed by atoms with Gasteiger partial charge in [-0.1, -0.05) is 6.92 Å². The summed E-state index contributed by atoms with van der Waals surface area (Å²) in [5, 5.41) is 3.30. The summed E-state index contributed by atoms with van der Waals surface area (Å²) in [6, 6.07) is 2.36. The topological polar surface area (TPSA) is 58.1 Å². The molecule has 0 bridgehead atoms. The highest BCUT2D eigenvalue weighted by atomic mass is 16.2. The fourth-order valence-electron chi connectivity index (χ4n) is 3.95. The molecular weight excluding hydrogens is 300 g/mol. The van der Waals surface area contributed by atoms with Gasteiger partial charge in [-0.3, -0.25) is 4.79 Å². The molecule has 1 aromatic heterocycles. The highest BCUT2D eigenvalue weighted by Crippen LogP contribution is 2.25. The van der Waals surface area contributed by atoms with Crippen molar-refractivity contribution >= 4 is 11.9 Å². The molecule has 0 radical (unpaired) electrons. The molecule has 3 rings (SSSR count). The molecular formula is C19H30N4O. The summed E-state index contributed by atoms with van der Waals surface area (Å²) in [5.74, 6) is 1.87. The molecule has 1 aliphatic heterocycles. The number of carbonyl (C=O) groups excluding carboxylic acids is 1. The minimum Gasteiger partial charge on any atom is -0.353 e. The van der Waals surface area contributed by atoms with Crippen LogP contribution in [0.1, 0.15) is 56.8 Å². The van der Waals surface area contributed by atoms with Gasteiger partial charge in [0, 0.05) is 30.5 Å². The molecule has 5 heteroatoms. The molecule has 2 fully saturated rings. The first-order valence-corrected chi connectivity index (χ1v) is 9.39. The molecule has 1 N–H and O–H groups in total. The second-order valence-electron chi connectivity index (χ2n) is 7.70. The number of carbonyl (C=O) groups is 1. The van der Waals surface area contributed by atoms with E-state index >= 15 is 0 Å². The molecule has 1 saturated carbocycles. The molecule has 132 valence electrons. The SMILES string of the molecule is Cc1cc(C)nc(N2CCC[C@H](C(=O)NC3CCC(C)CC3)C2)n1. The zero-order chi connectivity index (χ0) is 17.1. The third kappa shape index (κ3) is 4.25. The van der Waals surface area contributed by atoms with Crippen LogP contribution in [-0.4, -0.2) is 35.0 Å². The predicted molar refractivity (Wildman–Crippen MR) is 96.0 cm³/mol. The van der Waals surface area contributed by atoms with Crippen molar-refractivity contribution in [3.63, 3.8) is 0 Å². The second-order valence-corrected chi connectivity index (χ2v) is 7.70. The van der Waals surface area contributed by atoms with Crippen LogP contribution in [-0.2, 0) is 4.79 Å². The number of amides is 1. The lowest BCUT2D eigenvalue weighted by molar-refractivity contribution is -0.126. The molecule has 0 aromatic carbocycles. The van der Waals surface area contributed by atoms with E-state index in [1.165, 1.54) is 12.8 Å². The number of aromatic nitrogens is 2. The Hall–Kier alpha value is -1.65. The molecule has 2 aliphatic rings. The number of hydrogen-bond donors (Lipinski definition) is 1. The summed E-state index contributed by atoms with van der Waals surface area (Å²) >= 11 is 0. The third-order valence-electron chi connectivity index (χ3n) is 5.41. The summed E-state index contributed by atoms with van der Waals surface area (Å²) in [6.07, 6.45) is 6.72. The summed E-state index contributed by atoms with van der Waals surface area (Å²) < 4.78 is 0. The number of anilines is 1. The lowest BCUT2D eigenvalue weighted by Crippen LogP contribution is -2.47. The van der Waals surface area contributed by atoms with Gasteiger partial charge in [-0.15, -0.1) is 0 Å². The second kappa shape index (κ2) is 7.49. The van der Waals surface area contributed by atoms with Crippen LogP contribution in [0.15, 0.2) is 6.07 Å². The molecule has 1 amide bonds. The van der Waals surface area contributed by atoms with Gasteiger partial charge in [0.15, 0.2) is 0 Å². The zero-order valence-corrected chi connectivity index (χ0v) is 15.2. The summed E-state index contributed by atoms with van der Waals surface area (Å²) in [7, 11) is 0. The number of rotatable bonds is 3. The maximum Gasteiger partial charge on any atom is 0.225 e. The first-order chi connectivity index (χ1) is 11.5. The Balaban J connectivity index is 1.59. The van der Waals surface area contributed by atoms with Gasteiger partial charge in [-0.25, -0.2) is 9.97 Å². The fourth-order valence-corrected chi connectivity index (χ4v) is 3.95. The van der Waals surface area contributed by atoms with Gasteiger partial charge in [0.1, 0.15) is 0 Å². The fraction of sp³-hybridized carbons (Fsp3) is 0.737. The van der Waals surface area contributed by atoms with E-state index in [4.69, 9.17) is 0 Å². The van der Waals surface area contributed by atoms with Crippen LogP contribution in [0, 0.1) is 25.7 Å². The van der Waals surface area contributed by atoms with E-state index in [-0.39, 0.29) is 11.8 Å². The first-order valence-electron chi connectivity index (χ1n) is 9.39. The molecule has 1 atom stereocenters. The molecule has 24 heavy (non-hydrogen) atoms. The van der Waals surface area contributed by atoms with Gasteiger partial charge in [-0.05, 0) is 64.4 Å². The van der Waals surface area contributed by atoms with E-state index < -0.39 is 0 Å². The summed E-state index contributed by atoms with van der Waals surface area (Å²) in [4.78, 5) is 24.0. The molecule has 1 aliphatic carbocycles. The molecule has 1 aromatic rings. The normalized spacial score (nSPS) is 27.8. The average molecular weight is 330 g/mol. The van der Waals surface area contributed by atoms with Crippen molar-refractivity contribution in [3.05, 3.63) is 17.5 Å². The monoisotopic (exact) mass is 330 g/mol. The van der Waals surface area contributed by atoms with Gasteiger partial charge in [0.25, 0.3) is 0 Å². The summed E-state index contributed by atoms with van der Waals surface area (Å²) in [6.45, 7) is 7.97. The van der Waals surface area contributed by atoms with Crippen LogP contribution in [0.5, 0.6) is 0 Å². The van der Waals surface area contributed by atoms with Crippen LogP contribution < -0.4 is 10.2 Å². The minimum absolute atomic E-state index is 0.0579. The highest BCUT2D eigenvalue weighted by Gasteiger charge is 2.29. The molecule has 0 unspecified atom stereocenters. The lowest BCUT2D eigenvalue weighted by Gasteiger charge is -2.34. The van der Waals surface area contributed by atoms with E-state index in [0.29, 0.717) is 6.04 Å². The largest absolute Gasteiger partial charge is 0.353 e. The van der Waals surface area contributed by atoms with E-state index in [9.17, 15) is 4.79 Å². The zero-order valence-electron chi connectivity index (χ0n) is 15.2. The van der Waals surface area contributed by atoms with Gasteiger partial charge >= 0.3 is 0 Å². The van der Waals surface area contributed by atoms with Crippen molar-refractivity contribution in [2.75, 3.05) is 18.0 Å². The van der Waals surface area contributed by atoms with Crippen molar-refractivity contribution in [1.29, 1.82) is 0 Å². The molecule has 0 spiro atoms. The van der Waals surface area contributed by atoms with Crippen molar-refractivity contribution < 1.29 is 4.79 Å². The Labute approximate surface area is 145 Å². The molecule has 2 heterocycles. The van der Waals surface area contributed by atoms with Crippen molar-refractivity contribution in [3.8, 4) is 0 Å². The average Bonchev–Trinajstić information content (AvgIpc) is 2.56. The maximum absolute atomic E-state index is 12.7. The molecule has 5 nitrogen and oxygen atoms in total. The van der Waals surface area contributed by atoms with Crippen molar-refractivity contribution in [2.45, 2.75) is 65.3 Å². The minimum atomic E-state index is 0.0579. The Bertz CT molecular complexity index is 560. The van der Waals surface area contributed by atoms with Gasteiger partial charge in [0.2, 0.25) is 11.9 Å². The number of nitrogens with one attached hydrogen (secondary N) is 1. The van der Waals surface area contributed by atoms with Crippen LogP contribution in [0.25, 0.3) is 0 Å². The number of nitrogens with zero attached hydrogens (tertiary/aromatic N) is 3. The molecule has 1 saturated heterocycles. The highest BCUT2D eigenvalue weighted by molar-refractivity contribution is 5.79. The maximum atomic E-state index is 12.7. The number of hydrogen-bond acceptors (Lipinski definition) is 4. The third-order valence-corrected chi connectivity index (χ3v) is 5.41. The van der Waals surface area contributed by atoms with Gasteiger partial charge in [0.05, 0.1) is 5.92 Å². The van der Waals surface area contributed by atoms with E-state index in [0.717, 1.165) is 62.0 Å². The van der Waals surface area contributed by atoms with Crippen LogP contribution >= 0.6 is 0 Å². The van der Waals surface area contributed by atoms with Gasteiger partial charge < -0.3 is 10.2 Å². The number of piperidine rings is 1. The van der Waals surface area contributed by atoms with Crippen LogP contribution in [0.4, 0.5) is 5.95 Å². The van der Waals surface area contributed by atoms with E-state index in [1.54, 1.807) is 0 Å². The van der Waals surface area contributed by atoms with Crippen molar-refractivity contribution in [1.82, 2.24) is 15.3 Å². The Morgan fingerprint density at radius 3 is 2.46 bits per heavy atom. The Morgan fingerprint density at radius 1 is 1.12 bits per heavy atom. The smallest absolute Gasteiger partial charge is 0.225 e. The Kier molecular flexibility index (Phi) is 5.36. The summed E-state index contributed by atoms with van der Waals surface area (Å²) in [5.41, 5.74) is 1.97. The van der Waals surface area contributed by atoms with Crippen LogP contribution in [0.2, 0.25) is 0 Å². The standard InChI is InChI=1S/C19H30N4O/c1-13-6-8-17(9-7-13)22-18(24)16-5-4-10-23(12-16)19-20-14(2)11-15(3)21-19/h11,13,16-17H,4-10,12H2,1-3H3,(H,22,24)/t13?,16-,17?/m0/s1. The van der Waals surface area contributed by atoms with E-state index in [2.05, 4.69) is 27.1 Å².